The zero-order chi connectivity index (χ0) is 17.6. The van der Waals surface area contributed by atoms with Crippen LogP contribution < -0.4 is 10.3 Å². The molecule has 0 aliphatic carbocycles. The fourth-order valence-electron chi connectivity index (χ4n) is 2.93. The Hall–Kier alpha value is -2.54. The van der Waals surface area contributed by atoms with Crippen molar-refractivity contribution in [2.24, 2.45) is 0 Å². The van der Waals surface area contributed by atoms with E-state index in [0.717, 1.165) is 18.7 Å². The van der Waals surface area contributed by atoms with Crippen molar-refractivity contribution in [2.45, 2.75) is 19.4 Å². The maximum atomic E-state index is 13.8. The number of aromatic nitrogens is 2. The van der Waals surface area contributed by atoms with Crippen LogP contribution in [0.4, 0.5) is 4.39 Å². The second-order valence-corrected chi connectivity index (χ2v) is 6.70. The highest BCUT2D eigenvalue weighted by Gasteiger charge is 2.18. The van der Waals surface area contributed by atoms with Gasteiger partial charge < -0.3 is 4.74 Å². The van der Waals surface area contributed by atoms with E-state index in [4.69, 9.17) is 4.74 Å². The summed E-state index contributed by atoms with van der Waals surface area (Å²) in [5.41, 5.74) is 0.560. The molecule has 0 radical (unpaired) electrons. The molecule has 5 nitrogen and oxygen atoms in total. The maximum Gasteiger partial charge on any atom is 0.343 e. The van der Waals surface area contributed by atoms with Crippen LogP contribution in [0, 0.1) is 5.82 Å². The number of carbonyl (C=O) groups excluding carboxylic acids is 1. The van der Waals surface area contributed by atoms with Gasteiger partial charge in [-0.15, -0.1) is 0 Å². The Morgan fingerprint density at radius 3 is 2.88 bits per heavy atom. The van der Waals surface area contributed by atoms with Crippen molar-refractivity contribution in [3.8, 4) is 5.75 Å². The van der Waals surface area contributed by atoms with E-state index in [0.29, 0.717) is 21.9 Å². The third-order valence-electron chi connectivity index (χ3n) is 4.15. The number of carbonyl (C=O) groups is 1. The van der Waals surface area contributed by atoms with Crippen molar-refractivity contribution < 1.29 is 13.9 Å². The fraction of sp³-hybridized carbons (Fsp3) is 0.167. The Morgan fingerprint density at radius 1 is 1.24 bits per heavy atom. The van der Waals surface area contributed by atoms with Crippen molar-refractivity contribution in [1.29, 1.82) is 0 Å². The summed E-state index contributed by atoms with van der Waals surface area (Å²) in [6.07, 6.45) is 1.63. The van der Waals surface area contributed by atoms with Crippen molar-refractivity contribution in [2.75, 3.05) is 0 Å². The molecule has 0 fully saturated rings. The molecule has 7 heteroatoms. The third kappa shape index (κ3) is 2.84. The molecular weight excluding hydrogens is 391 g/mol. The highest BCUT2D eigenvalue weighted by Crippen LogP contribution is 2.23. The van der Waals surface area contributed by atoms with E-state index < -0.39 is 11.8 Å². The molecule has 1 aromatic heterocycles. The Bertz CT molecular complexity index is 1080. The SMILES string of the molecule is O=C(Oc1ccc(Br)cc1F)c1ccc2c(=O)n3c(nc2c1)CCC3. The Labute approximate surface area is 150 Å². The first-order chi connectivity index (χ1) is 12.0. The number of esters is 1. The standard InChI is InChI=1S/C18H12BrFN2O3/c19-11-4-6-15(13(20)9-11)25-18(24)10-3-5-12-14(8-10)21-16-2-1-7-22(16)17(12)23/h3-6,8-9H,1-2,7H2. The van der Waals surface area contributed by atoms with E-state index in [2.05, 4.69) is 20.9 Å². The fourth-order valence-corrected chi connectivity index (χ4v) is 3.26. The molecule has 0 bridgehead atoms. The lowest BCUT2D eigenvalue weighted by Gasteiger charge is -2.08. The van der Waals surface area contributed by atoms with E-state index in [-0.39, 0.29) is 16.9 Å². The maximum absolute atomic E-state index is 13.8. The molecule has 4 rings (SSSR count). The van der Waals surface area contributed by atoms with Gasteiger partial charge in [0, 0.05) is 17.4 Å². The monoisotopic (exact) mass is 402 g/mol. The number of ether oxygens (including phenoxy) is 1. The highest BCUT2D eigenvalue weighted by atomic mass is 79.9. The number of halogens is 2. The molecule has 1 aliphatic heterocycles. The van der Waals surface area contributed by atoms with Gasteiger partial charge in [-0.25, -0.2) is 14.2 Å². The first-order valence-electron chi connectivity index (χ1n) is 7.73. The average Bonchev–Trinajstić information content (AvgIpc) is 3.05. The van der Waals surface area contributed by atoms with Crippen LogP contribution in [0.3, 0.4) is 0 Å². The molecule has 0 spiro atoms. The summed E-state index contributed by atoms with van der Waals surface area (Å²) in [6.45, 7) is 0.670. The summed E-state index contributed by atoms with van der Waals surface area (Å²) in [4.78, 5) is 29.2. The topological polar surface area (TPSA) is 61.2 Å². The Kier molecular flexibility index (Phi) is 3.88. The van der Waals surface area contributed by atoms with Gasteiger partial charge >= 0.3 is 5.97 Å². The van der Waals surface area contributed by atoms with E-state index in [1.165, 1.54) is 24.3 Å². The summed E-state index contributed by atoms with van der Waals surface area (Å²) in [7, 11) is 0. The van der Waals surface area contributed by atoms with Crippen LogP contribution in [0.25, 0.3) is 10.9 Å². The molecule has 2 heterocycles. The van der Waals surface area contributed by atoms with Gasteiger partial charge in [-0.2, -0.15) is 0 Å². The normalized spacial score (nSPS) is 13.0. The largest absolute Gasteiger partial charge is 0.420 e. The summed E-state index contributed by atoms with van der Waals surface area (Å²) in [5.74, 6) is -0.777. The summed E-state index contributed by atoms with van der Waals surface area (Å²) in [5, 5.41) is 0.456. The third-order valence-corrected chi connectivity index (χ3v) is 4.64. The minimum Gasteiger partial charge on any atom is -0.420 e. The lowest BCUT2D eigenvalue weighted by atomic mass is 10.1. The van der Waals surface area contributed by atoms with Gasteiger partial charge in [0.15, 0.2) is 11.6 Å². The minimum absolute atomic E-state index is 0.101. The van der Waals surface area contributed by atoms with Crippen LogP contribution in [-0.4, -0.2) is 15.5 Å². The van der Waals surface area contributed by atoms with Gasteiger partial charge in [-0.3, -0.25) is 9.36 Å². The molecule has 0 unspecified atom stereocenters. The predicted molar refractivity (Wildman–Crippen MR) is 93.4 cm³/mol. The Balaban J connectivity index is 1.70. The zero-order valence-corrected chi connectivity index (χ0v) is 14.5. The van der Waals surface area contributed by atoms with Gasteiger partial charge in [0.05, 0.1) is 16.5 Å². The lowest BCUT2D eigenvalue weighted by Crippen LogP contribution is -2.21. The zero-order valence-electron chi connectivity index (χ0n) is 13.0. The van der Waals surface area contributed by atoms with Crippen molar-refractivity contribution >= 4 is 32.8 Å². The molecule has 0 atom stereocenters. The predicted octanol–water partition coefficient (Wildman–Crippen LogP) is 3.46. The molecule has 126 valence electrons. The van der Waals surface area contributed by atoms with Gasteiger partial charge in [0.25, 0.3) is 5.56 Å². The first-order valence-corrected chi connectivity index (χ1v) is 8.53. The average molecular weight is 403 g/mol. The number of hydrogen-bond acceptors (Lipinski definition) is 4. The molecule has 25 heavy (non-hydrogen) atoms. The molecular formula is C18H12BrFN2O3. The summed E-state index contributed by atoms with van der Waals surface area (Å²) >= 11 is 3.15. The highest BCUT2D eigenvalue weighted by molar-refractivity contribution is 9.10. The van der Waals surface area contributed by atoms with Gasteiger partial charge in [0.2, 0.25) is 0 Å². The second-order valence-electron chi connectivity index (χ2n) is 5.78. The number of aryl methyl sites for hydroxylation is 1. The van der Waals surface area contributed by atoms with Crippen LogP contribution in [0.1, 0.15) is 22.6 Å². The summed E-state index contributed by atoms with van der Waals surface area (Å²) < 4.78 is 21.1. The van der Waals surface area contributed by atoms with Crippen LogP contribution in [0.2, 0.25) is 0 Å². The number of hydrogen-bond donors (Lipinski definition) is 0. The van der Waals surface area contributed by atoms with E-state index in [9.17, 15) is 14.0 Å². The van der Waals surface area contributed by atoms with Crippen molar-refractivity contribution in [3.63, 3.8) is 0 Å². The molecule has 3 aromatic rings. The molecule has 0 N–H and O–H groups in total. The minimum atomic E-state index is -0.703. The quantitative estimate of drug-likeness (QED) is 0.486. The number of benzene rings is 2. The number of rotatable bonds is 2. The lowest BCUT2D eigenvalue weighted by molar-refractivity contribution is 0.0728. The molecule has 0 amide bonds. The second kappa shape index (κ2) is 6.07. The van der Waals surface area contributed by atoms with Crippen molar-refractivity contribution in [3.05, 3.63) is 68.4 Å². The van der Waals surface area contributed by atoms with Crippen LogP contribution in [0.5, 0.6) is 5.75 Å². The van der Waals surface area contributed by atoms with Gasteiger partial charge in [0.1, 0.15) is 5.82 Å². The first kappa shape index (κ1) is 16.0. The van der Waals surface area contributed by atoms with Crippen molar-refractivity contribution in [1.82, 2.24) is 9.55 Å². The Morgan fingerprint density at radius 2 is 2.08 bits per heavy atom. The van der Waals surface area contributed by atoms with Crippen LogP contribution in [0.15, 0.2) is 45.7 Å². The van der Waals surface area contributed by atoms with Gasteiger partial charge in [-0.1, -0.05) is 15.9 Å². The molecule has 1 aliphatic rings. The summed E-state index contributed by atoms with van der Waals surface area (Å²) in [6, 6.07) is 8.73. The molecule has 2 aromatic carbocycles. The van der Waals surface area contributed by atoms with E-state index in [1.807, 2.05) is 0 Å². The van der Waals surface area contributed by atoms with Crippen LogP contribution in [-0.2, 0) is 13.0 Å². The van der Waals surface area contributed by atoms with Crippen LogP contribution >= 0.6 is 15.9 Å². The smallest absolute Gasteiger partial charge is 0.343 e. The molecule has 0 saturated carbocycles. The molecule has 0 saturated heterocycles. The van der Waals surface area contributed by atoms with E-state index >= 15 is 0 Å². The van der Waals surface area contributed by atoms with Gasteiger partial charge in [-0.05, 0) is 42.8 Å². The number of fused-ring (bicyclic) bond motifs is 2. The van der Waals surface area contributed by atoms with E-state index in [1.54, 1.807) is 16.7 Å². The number of nitrogens with zero attached hydrogens (tertiary/aromatic N) is 2.